The van der Waals surface area contributed by atoms with E-state index in [1.807, 2.05) is 4.90 Å². The predicted molar refractivity (Wildman–Crippen MR) is 98.8 cm³/mol. The zero-order valence-electron chi connectivity index (χ0n) is 14.3. The Morgan fingerprint density at radius 1 is 1.19 bits per heavy atom. The number of rotatable bonds is 5. The maximum Gasteiger partial charge on any atom is 0.294 e. The number of anilines is 1. The van der Waals surface area contributed by atoms with Gasteiger partial charge in [-0.15, -0.1) is 0 Å². The lowest BCUT2D eigenvalue weighted by molar-refractivity contribution is -0.384. The second-order valence-corrected chi connectivity index (χ2v) is 6.41. The largest absolute Gasteiger partial charge is 0.481 e. The van der Waals surface area contributed by atoms with Gasteiger partial charge in [-0.25, -0.2) is 4.39 Å². The number of benzene rings is 2. The average molecular weight is 394 g/mol. The molecule has 0 spiro atoms. The molecule has 2 aromatic carbocycles. The summed E-state index contributed by atoms with van der Waals surface area (Å²) in [5.41, 5.74) is 0.407. The number of ether oxygens (including phenoxy) is 1. The van der Waals surface area contributed by atoms with Gasteiger partial charge in [-0.2, -0.15) is 0 Å². The highest BCUT2D eigenvalue weighted by molar-refractivity contribution is 6.30. The number of carbonyl (C=O) groups excluding carboxylic acids is 1. The van der Waals surface area contributed by atoms with E-state index < -0.39 is 10.7 Å². The molecule has 27 heavy (non-hydrogen) atoms. The number of halogens is 2. The van der Waals surface area contributed by atoms with Crippen molar-refractivity contribution in [2.24, 2.45) is 0 Å². The Kier molecular flexibility index (Phi) is 5.75. The van der Waals surface area contributed by atoms with Crippen molar-refractivity contribution in [2.45, 2.75) is 0 Å². The molecule has 142 valence electrons. The minimum atomic E-state index is -0.523. The molecule has 1 saturated heterocycles. The van der Waals surface area contributed by atoms with E-state index >= 15 is 0 Å². The fraction of sp³-hybridized carbons (Fsp3) is 0.278. The third-order valence-corrected chi connectivity index (χ3v) is 4.53. The van der Waals surface area contributed by atoms with Gasteiger partial charge < -0.3 is 14.5 Å². The van der Waals surface area contributed by atoms with E-state index in [4.69, 9.17) is 16.3 Å². The van der Waals surface area contributed by atoms with Crippen LogP contribution in [0.25, 0.3) is 0 Å². The lowest BCUT2D eigenvalue weighted by Crippen LogP contribution is -2.50. The van der Waals surface area contributed by atoms with Gasteiger partial charge in [0.1, 0.15) is 5.69 Å². The summed E-state index contributed by atoms with van der Waals surface area (Å²) < 4.78 is 18.8. The molecule has 0 saturated carbocycles. The predicted octanol–water partition coefficient (Wildman–Crippen LogP) is 3.11. The normalized spacial score (nSPS) is 14.1. The van der Waals surface area contributed by atoms with Gasteiger partial charge in [0.25, 0.3) is 11.6 Å². The summed E-state index contributed by atoms with van der Waals surface area (Å²) in [7, 11) is 0. The number of para-hydroxylation sites is 1. The first kappa shape index (κ1) is 18.9. The third kappa shape index (κ3) is 4.46. The van der Waals surface area contributed by atoms with E-state index in [1.165, 1.54) is 18.2 Å². The number of hydrogen-bond donors (Lipinski definition) is 0. The van der Waals surface area contributed by atoms with E-state index in [-0.39, 0.29) is 24.0 Å². The standard InChI is InChI=1S/C18H17ClFN3O4/c19-13-5-6-15(16(11-13)23(25)26)21-7-9-22(10-8-21)18(24)12-27-17-4-2-1-3-14(17)20/h1-6,11H,7-10,12H2. The maximum absolute atomic E-state index is 13.5. The number of amides is 1. The van der Waals surface area contributed by atoms with Crippen molar-refractivity contribution >= 4 is 28.9 Å². The summed E-state index contributed by atoms with van der Waals surface area (Å²) in [5.74, 6) is -0.755. The maximum atomic E-state index is 13.5. The van der Waals surface area contributed by atoms with E-state index in [0.29, 0.717) is 36.9 Å². The van der Waals surface area contributed by atoms with E-state index in [1.54, 1.807) is 29.2 Å². The molecule has 7 nitrogen and oxygen atoms in total. The van der Waals surface area contributed by atoms with Crippen molar-refractivity contribution in [1.82, 2.24) is 4.90 Å². The molecule has 1 fully saturated rings. The van der Waals surface area contributed by atoms with Crippen LogP contribution in [0.15, 0.2) is 42.5 Å². The first-order chi connectivity index (χ1) is 13.0. The molecule has 9 heteroatoms. The molecule has 2 aromatic rings. The SMILES string of the molecule is O=C(COc1ccccc1F)N1CCN(c2ccc(Cl)cc2[N+](=O)[O-])CC1. The van der Waals surface area contributed by atoms with E-state index in [9.17, 15) is 19.3 Å². The van der Waals surface area contributed by atoms with Gasteiger partial charge in [0, 0.05) is 37.3 Å². The van der Waals surface area contributed by atoms with Crippen LogP contribution in [0.3, 0.4) is 0 Å². The summed E-state index contributed by atoms with van der Waals surface area (Å²) in [6, 6.07) is 10.4. The Labute approximate surface area is 160 Å². The molecule has 3 rings (SSSR count). The first-order valence-corrected chi connectivity index (χ1v) is 8.67. The highest BCUT2D eigenvalue weighted by atomic mass is 35.5. The Balaban J connectivity index is 1.58. The van der Waals surface area contributed by atoms with Crippen LogP contribution < -0.4 is 9.64 Å². The Morgan fingerprint density at radius 3 is 2.56 bits per heavy atom. The number of nitrogens with zero attached hydrogens (tertiary/aromatic N) is 3. The van der Waals surface area contributed by atoms with Crippen molar-refractivity contribution in [3.8, 4) is 5.75 Å². The van der Waals surface area contributed by atoms with Crippen LogP contribution in [0.2, 0.25) is 5.02 Å². The quantitative estimate of drug-likeness (QED) is 0.576. The van der Waals surface area contributed by atoms with Gasteiger partial charge in [-0.1, -0.05) is 23.7 Å². The van der Waals surface area contributed by atoms with Gasteiger partial charge in [-0.05, 0) is 24.3 Å². The Morgan fingerprint density at radius 2 is 1.89 bits per heavy atom. The molecule has 0 radical (unpaired) electrons. The molecule has 0 unspecified atom stereocenters. The summed E-state index contributed by atoms with van der Waals surface area (Å²) in [5, 5.41) is 11.5. The zero-order chi connectivity index (χ0) is 19.4. The van der Waals surface area contributed by atoms with Crippen molar-refractivity contribution in [1.29, 1.82) is 0 Å². The lowest BCUT2D eigenvalue weighted by Gasteiger charge is -2.35. The summed E-state index contributed by atoms with van der Waals surface area (Å²) in [6.07, 6.45) is 0. The highest BCUT2D eigenvalue weighted by Crippen LogP contribution is 2.31. The average Bonchev–Trinajstić information content (AvgIpc) is 2.67. The minimum absolute atomic E-state index is 0.0290. The van der Waals surface area contributed by atoms with Crippen LogP contribution in [0, 0.1) is 15.9 Å². The van der Waals surface area contributed by atoms with E-state index in [2.05, 4.69) is 0 Å². The number of nitro benzene ring substituents is 1. The second-order valence-electron chi connectivity index (χ2n) is 5.98. The highest BCUT2D eigenvalue weighted by Gasteiger charge is 2.26. The van der Waals surface area contributed by atoms with Crippen molar-refractivity contribution in [3.63, 3.8) is 0 Å². The van der Waals surface area contributed by atoms with Gasteiger partial charge in [0.2, 0.25) is 0 Å². The first-order valence-electron chi connectivity index (χ1n) is 8.29. The Hall–Kier alpha value is -2.87. The number of carbonyl (C=O) groups is 1. The molecule has 1 aliphatic rings. The third-order valence-electron chi connectivity index (χ3n) is 4.30. The fourth-order valence-electron chi connectivity index (χ4n) is 2.90. The van der Waals surface area contributed by atoms with E-state index in [0.717, 1.165) is 0 Å². The molecule has 1 aliphatic heterocycles. The second kappa shape index (κ2) is 8.22. The smallest absolute Gasteiger partial charge is 0.294 e. The Bertz CT molecular complexity index is 856. The molecular formula is C18H17ClFN3O4. The fourth-order valence-corrected chi connectivity index (χ4v) is 3.07. The van der Waals surface area contributed by atoms with Crippen LogP contribution in [-0.2, 0) is 4.79 Å². The molecular weight excluding hydrogens is 377 g/mol. The summed E-state index contributed by atoms with van der Waals surface area (Å²) in [4.78, 5) is 26.5. The van der Waals surface area contributed by atoms with Crippen LogP contribution in [-0.4, -0.2) is 48.5 Å². The lowest BCUT2D eigenvalue weighted by atomic mass is 10.2. The van der Waals surface area contributed by atoms with Crippen LogP contribution in [0.5, 0.6) is 5.75 Å². The van der Waals surface area contributed by atoms with Crippen molar-refractivity contribution < 1.29 is 18.8 Å². The topological polar surface area (TPSA) is 75.9 Å². The number of piperazine rings is 1. The van der Waals surface area contributed by atoms with Gasteiger partial charge in [0.15, 0.2) is 18.2 Å². The minimum Gasteiger partial charge on any atom is -0.481 e. The molecule has 1 heterocycles. The monoisotopic (exact) mass is 393 g/mol. The van der Waals surface area contributed by atoms with Gasteiger partial charge in [-0.3, -0.25) is 14.9 Å². The molecule has 0 aliphatic carbocycles. The molecule has 0 N–H and O–H groups in total. The van der Waals surface area contributed by atoms with Crippen LogP contribution >= 0.6 is 11.6 Å². The van der Waals surface area contributed by atoms with Crippen molar-refractivity contribution in [3.05, 3.63) is 63.4 Å². The van der Waals surface area contributed by atoms with Crippen LogP contribution in [0.1, 0.15) is 0 Å². The molecule has 1 amide bonds. The zero-order valence-corrected chi connectivity index (χ0v) is 15.1. The summed E-state index contributed by atoms with van der Waals surface area (Å²) in [6.45, 7) is 1.39. The van der Waals surface area contributed by atoms with Crippen molar-refractivity contribution in [2.75, 3.05) is 37.7 Å². The van der Waals surface area contributed by atoms with Crippen LogP contribution in [0.4, 0.5) is 15.8 Å². The molecule has 0 aromatic heterocycles. The number of hydrogen-bond acceptors (Lipinski definition) is 5. The molecule has 0 atom stereocenters. The van der Waals surface area contributed by atoms with Gasteiger partial charge >= 0.3 is 0 Å². The summed E-state index contributed by atoms with van der Waals surface area (Å²) >= 11 is 5.84. The molecule has 0 bridgehead atoms. The van der Waals surface area contributed by atoms with Gasteiger partial charge in [0.05, 0.1) is 4.92 Å². The number of nitro groups is 1.